The van der Waals surface area contributed by atoms with Crippen molar-refractivity contribution in [3.05, 3.63) is 12.7 Å². The molecule has 4 atom stereocenters. The zero-order chi connectivity index (χ0) is 20.1. The number of hydrogen-bond donors (Lipinski definition) is 1. The van der Waals surface area contributed by atoms with Crippen LogP contribution in [-0.4, -0.2) is 46.0 Å². The van der Waals surface area contributed by atoms with E-state index in [1.165, 1.54) is 6.08 Å². The molecule has 1 aliphatic rings. The maximum absolute atomic E-state index is 12.4. The molecule has 0 saturated carbocycles. The van der Waals surface area contributed by atoms with E-state index in [1.54, 1.807) is 6.92 Å². The number of rotatable bonds is 10. The molecule has 0 radical (unpaired) electrons. The molecule has 26 heavy (non-hydrogen) atoms. The number of ether oxygens (including phenoxy) is 1. The lowest BCUT2D eigenvalue weighted by Crippen LogP contribution is -2.66. The highest BCUT2D eigenvalue weighted by molar-refractivity contribution is 6.48. The summed E-state index contributed by atoms with van der Waals surface area (Å²) in [6, 6.07) is -0.274. The largest absolute Gasteiger partial charge is 0.461 e. The average molecular weight is 384 g/mol. The van der Waals surface area contributed by atoms with Crippen LogP contribution in [0, 0.1) is 23.2 Å². The fraction of sp³-hybridized carbons (Fsp3) is 0.737. The minimum atomic E-state index is -1.21. The van der Waals surface area contributed by atoms with E-state index < -0.39 is 20.9 Å². The highest BCUT2D eigenvalue weighted by Crippen LogP contribution is 2.40. The van der Waals surface area contributed by atoms with Crippen LogP contribution in [0.4, 0.5) is 0 Å². The molecule has 1 amide bonds. The molecule has 6 nitrogen and oxygen atoms in total. The third-order valence-electron chi connectivity index (χ3n) is 4.88. The molecule has 0 spiro atoms. The monoisotopic (exact) mass is 383 g/mol. The van der Waals surface area contributed by atoms with E-state index in [-0.39, 0.29) is 48.0 Å². The fourth-order valence-electron chi connectivity index (χ4n) is 3.18. The zero-order valence-corrected chi connectivity index (χ0v) is 18.0. The van der Waals surface area contributed by atoms with Crippen molar-refractivity contribution in [3.63, 3.8) is 0 Å². The summed E-state index contributed by atoms with van der Waals surface area (Å²) in [5.74, 6) is -1.55. The first-order valence-corrected chi connectivity index (χ1v) is 12.0. The second-order valence-electron chi connectivity index (χ2n) is 8.32. The Hall–Kier alpha value is -1.47. The maximum atomic E-state index is 12.4. The lowest BCUT2D eigenvalue weighted by molar-refractivity contribution is -0.149. The Balaban J connectivity index is 2.81. The van der Waals surface area contributed by atoms with Crippen LogP contribution in [-0.2, 0) is 23.5 Å². The van der Waals surface area contributed by atoms with Crippen molar-refractivity contribution >= 4 is 26.7 Å². The van der Waals surface area contributed by atoms with Crippen molar-refractivity contribution in [3.8, 4) is 0 Å². The first kappa shape index (κ1) is 22.6. The predicted molar refractivity (Wildman–Crippen MR) is 103 cm³/mol. The number of amides is 1. The number of carbonyl (C=O) groups is 3. The molecule has 1 N–H and O–H groups in total. The second-order valence-corrected chi connectivity index (χ2v) is 10.7. The van der Waals surface area contributed by atoms with Crippen molar-refractivity contribution in [2.24, 2.45) is 23.2 Å². The second kappa shape index (κ2) is 9.46. The van der Waals surface area contributed by atoms with Gasteiger partial charge in [0, 0.05) is 12.5 Å². The van der Waals surface area contributed by atoms with Crippen LogP contribution in [0.25, 0.3) is 0 Å². The van der Waals surface area contributed by atoms with Gasteiger partial charge in [0.2, 0.25) is 5.91 Å². The Morgan fingerprint density at radius 2 is 1.96 bits per heavy atom. The first-order valence-electron chi connectivity index (χ1n) is 9.20. The van der Waals surface area contributed by atoms with Gasteiger partial charge in [-0.1, -0.05) is 40.3 Å². The molecule has 1 heterocycles. The summed E-state index contributed by atoms with van der Waals surface area (Å²) in [6.45, 7) is 16.3. The minimum absolute atomic E-state index is 0.0131. The molecule has 0 bridgehead atoms. The van der Waals surface area contributed by atoms with Gasteiger partial charge in [-0.05, 0) is 24.4 Å². The third kappa shape index (κ3) is 6.05. The summed E-state index contributed by atoms with van der Waals surface area (Å²) in [4.78, 5) is 36.4. The molecule has 0 unspecified atom stereocenters. The SMILES string of the molecule is C=CCOC(=O)CC(=O)[C@H](C)[C@H]1NC(=O)[C@H]1[C@@H](CO[SiH](C)C)C(C)(C)C. The average Bonchev–Trinajstić information content (AvgIpc) is 2.52. The zero-order valence-electron chi connectivity index (χ0n) is 16.8. The van der Waals surface area contributed by atoms with Crippen molar-refractivity contribution < 1.29 is 23.5 Å². The summed E-state index contributed by atoms with van der Waals surface area (Å²) in [5.41, 5.74) is -0.129. The quantitative estimate of drug-likeness (QED) is 0.205. The summed E-state index contributed by atoms with van der Waals surface area (Å²) < 4.78 is 10.8. The van der Waals surface area contributed by atoms with Crippen LogP contribution in [0.15, 0.2) is 12.7 Å². The number of nitrogens with one attached hydrogen (secondary N) is 1. The van der Waals surface area contributed by atoms with E-state index in [1.807, 2.05) is 0 Å². The Labute approximate surface area is 158 Å². The molecule has 7 heteroatoms. The summed E-state index contributed by atoms with van der Waals surface area (Å²) >= 11 is 0. The van der Waals surface area contributed by atoms with Crippen LogP contribution >= 0.6 is 0 Å². The normalized spacial score (nSPS) is 22.2. The molecule has 1 rings (SSSR count). The van der Waals surface area contributed by atoms with E-state index in [9.17, 15) is 14.4 Å². The Bertz CT molecular complexity index is 541. The number of hydrogen-bond acceptors (Lipinski definition) is 5. The Morgan fingerprint density at radius 1 is 1.35 bits per heavy atom. The molecular weight excluding hydrogens is 350 g/mol. The third-order valence-corrected chi connectivity index (χ3v) is 5.74. The molecule has 0 aliphatic carbocycles. The highest BCUT2D eigenvalue weighted by atomic mass is 28.3. The van der Waals surface area contributed by atoms with E-state index in [0.29, 0.717) is 6.61 Å². The van der Waals surface area contributed by atoms with Crippen molar-refractivity contribution in [2.45, 2.75) is 53.3 Å². The van der Waals surface area contributed by atoms with Crippen molar-refractivity contribution in [1.82, 2.24) is 5.32 Å². The van der Waals surface area contributed by atoms with Crippen LogP contribution in [0.3, 0.4) is 0 Å². The highest BCUT2D eigenvalue weighted by Gasteiger charge is 2.51. The van der Waals surface area contributed by atoms with Crippen molar-refractivity contribution in [1.29, 1.82) is 0 Å². The van der Waals surface area contributed by atoms with Gasteiger partial charge in [-0.25, -0.2) is 0 Å². The lowest BCUT2D eigenvalue weighted by Gasteiger charge is -2.48. The number of ketones is 1. The Morgan fingerprint density at radius 3 is 2.42 bits per heavy atom. The van der Waals surface area contributed by atoms with Crippen LogP contribution < -0.4 is 5.32 Å². The molecule has 0 aromatic heterocycles. The summed E-state index contributed by atoms with van der Waals surface area (Å²) in [7, 11) is -1.21. The number of β-lactam (4-membered cyclic amide) rings is 1. The van der Waals surface area contributed by atoms with E-state index in [0.717, 1.165) is 0 Å². The summed E-state index contributed by atoms with van der Waals surface area (Å²) in [5, 5.41) is 2.86. The first-order chi connectivity index (χ1) is 12.0. The molecule has 1 aliphatic heterocycles. The van der Waals surface area contributed by atoms with E-state index in [4.69, 9.17) is 9.16 Å². The van der Waals surface area contributed by atoms with Crippen LogP contribution in [0.2, 0.25) is 13.1 Å². The van der Waals surface area contributed by atoms with Gasteiger partial charge >= 0.3 is 5.97 Å². The van der Waals surface area contributed by atoms with Gasteiger partial charge < -0.3 is 14.5 Å². The van der Waals surface area contributed by atoms with Gasteiger partial charge in [-0.2, -0.15) is 0 Å². The van der Waals surface area contributed by atoms with Gasteiger partial charge in [0.25, 0.3) is 0 Å². The van der Waals surface area contributed by atoms with Gasteiger partial charge in [-0.15, -0.1) is 0 Å². The lowest BCUT2D eigenvalue weighted by atomic mass is 9.64. The van der Waals surface area contributed by atoms with Crippen molar-refractivity contribution in [2.75, 3.05) is 13.2 Å². The van der Waals surface area contributed by atoms with Gasteiger partial charge in [0.1, 0.15) is 18.8 Å². The fourth-order valence-corrected chi connectivity index (χ4v) is 3.77. The molecule has 148 valence electrons. The number of carbonyl (C=O) groups excluding carboxylic acids is 3. The number of Topliss-reactive ketones (excluding diaryl/α,β-unsaturated/α-hetero) is 1. The van der Waals surface area contributed by atoms with Gasteiger partial charge in [-0.3, -0.25) is 14.4 Å². The van der Waals surface area contributed by atoms with Crippen LogP contribution in [0.5, 0.6) is 0 Å². The Kier molecular flexibility index (Phi) is 8.21. The van der Waals surface area contributed by atoms with E-state index in [2.05, 4.69) is 45.8 Å². The molecule has 1 fully saturated rings. The molecular formula is C19H33NO5Si. The minimum Gasteiger partial charge on any atom is -0.461 e. The standard InChI is InChI=1S/C19H33NO5Si/c1-8-9-24-15(22)10-14(21)12(2)17-16(18(23)20-17)13(19(3,4)5)11-25-26(6)7/h8,12-13,16-17,26H,1,9-11H2,2-7H3,(H,20,23)/t12-,13+,16-,17+/m0/s1. The summed E-state index contributed by atoms with van der Waals surface area (Å²) in [6.07, 6.45) is 1.17. The molecule has 0 aromatic rings. The van der Waals surface area contributed by atoms with Crippen LogP contribution in [0.1, 0.15) is 34.1 Å². The maximum Gasteiger partial charge on any atom is 0.313 e. The topological polar surface area (TPSA) is 81.7 Å². The van der Waals surface area contributed by atoms with Gasteiger partial charge in [0.05, 0.1) is 12.0 Å². The molecule has 1 saturated heterocycles. The van der Waals surface area contributed by atoms with Gasteiger partial charge in [0.15, 0.2) is 9.04 Å². The molecule has 0 aromatic carbocycles. The van der Waals surface area contributed by atoms with E-state index >= 15 is 0 Å². The predicted octanol–water partition coefficient (Wildman–Crippen LogP) is 2.09. The smallest absolute Gasteiger partial charge is 0.313 e. The number of esters is 1.